The number of nitrogens with one attached hydrogen (secondary N) is 2. The van der Waals surface area contributed by atoms with E-state index in [2.05, 4.69) is 27.7 Å². The minimum Gasteiger partial charge on any atom is -0.369 e. The molecule has 2 heterocycles. The number of hydrogen-bond acceptors (Lipinski definition) is 4. The molecule has 0 spiro atoms. The first-order valence-electron chi connectivity index (χ1n) is 9.26. The van der Waals surface area contributed by atoms with E-state index >= 15 is 0 Å². The van der Waals surface area contributed by atoms with Crippen LogP contribution >= 0.6 is 0 Å². The van der Waals surface area contributed by atoms with Gasteiger partial charge in [0.25, 0.3) is 0 Å². The highest BCUT2D eigenvalue weighted by molar-refractivity contribution is 5.95. The summed E-state index contributed by atoms with van der Waals surface area (Å²) >= 11 is 0. The second-order valence-electron chi connectivity index (χ2n) is 7.10. The van der Waals surface area contributed by atoms with E-state index in [0.717, 1.165) is 64.0 Å². The molecule has 2 saturated heterocycles. The number of amides is 2. The number of piperidine rings is 1. The van der Waals surface area contributed by atoms with Crippen LogP contribution in [0.2, 0.25) is 0 Å². The normalized spacial score (nSPS) is 22.0. The molecule has 0 aromatic heterocycles. The minimum atomic E-state index is -0.162. The molecule has 2 aliphatic heterocycles. The standard InChI is InChI=1S/C19H28N4O2/c20-18(24)15-8-12-23(13-9-15)11-7-14-3-5-16(6-4-14)22-19(25)17-2-1-10-21-17/h3-6,15,17,21H,1-2,7-13H2,(H2,20,24)(H,22,25). The highest BCUT2D eigenvalue weighted by Gasteiger charge is 2.23. The van der Waals surface area contributed by atoms with Gasteiger partial charge in [0, 0.05) is 18.2 Å². The van der Waals surface area contributed by atoms with Gasteiger partial charge in [-0.15, -0.1) is 0 Å². The Morgan fingerprint density at radius 1 is 1.16 bits per heavy atom. The number of hydrogen-bond donors (Lipinski definition) is 3. The van der Waals surface area contributed by atoms with Crippen molar-refractivity contribution >= 4 is 17.5 Å². The summed E-state index contributed by atoms with van der Waals surface area (Å²) < 4.78 is 0. The Hall–Kier alpha value is -1.92. The summed E-state index contributed by atoms with van der Waals surface area (Å²) in [7, 11) is 0. The van der Waals surface area contributed by atoms with Gasteiger partial charge in [0.1, 0.15) is 0 Å². The average molecular weight is 344 g/mol. The minimum absolute atomic E-state index is 0.0495. The summed E-state index contributed by atoms with van der Waals surface area (Å²) in [4.78, 5) is 25.7. The summed E-state index contributed by atoms with van der Waals surface area (Å²) in [5.41, 5.74) is 7.48. The van der Waals surface area contributed by atoms with Crippen molar-refractivity contribution in [2.24, 2.45) is 11.7 Å². The quantitative estimate of drug-likeness (QED) is 0.722. The monoisotopic (exact) mass is 344 g/mol. The maximum absolute atomic E-state index is 12.1. The van der Waals surface area contributed by atoms with Crippen molar-refractivity contribution in [1.29, 1.82) is 0 Å². The van der Waals surface area contributed by atoms with E-state index in [9.17, 15) is 9.59 Å². The molecule has 3 rings (SSSR count). The maximum Gasteiger partial charge on any atom is 0.241 e. The molecule has 1 aromatic rings. The lowest BCUT2D eigenvalue weighted by Crippen LogP contribution is -2.39. The summed E-state index contributed by atoms with van der Waals surface area (Å²) in [6.45, 7) is 3.79. The first-order valence-corrected chi connectivity index (χ1v) is 9.26. The van der Waals surface area contributed by atoms with Crippen LogP contribution in [0.4, 0.5) is 5.69 Å². The maximum atomic E-state index is 12.1. The second kappa shape index (κ2) is 8.45. The fourth-order valence-corrected chi connectivity index (χ4v) is 3.62. The van der Waals surface area contributed by atoms with E-state index in [4.69, 9.17) is 5.73 Å². The van der Waals surface area contributed by atoms with Crippen LogP contribution in [0.3, 0.4) is 0 Å². The van der Waals surface area contributed by atoms with Crippen LogP contribution in [0.5, 0.6) is 0 Å². The third kappa shape index (κ3) is 5.03. The zero-order valence-corrected chi connectivity index (χ0v) is 14.7. The molecule has 1 atom stereocenters. The SMILES string of the molecule is NC(=O)C1CCN(CCc2ccc(NC(=O)C3CCCN3)cc2)CC1. The van der Waals surface area contributed by atoms with Gasteiger partial charge in [-0.25, -0.2) is 0 Å². The molecule has 2 aliphatic rings. The Morgan fingerprint density at radius 3 is 2.48 bits per heavy atom. The van der Waals surface area contributed by atoms with Crippen molar-refractivity contribution in [3.63, 3.8) is 0 Å². The van der Waals surface area contributed by atoms with Gasteiger partial charge in [-0.2, -0.15) is 0 Å². The Kier molecular flexibility index (Phi) is 6.04. The first kappa shape index (κ1) is 17.9. The molecular weight excluding hydrogens is 316 g/mol. The van der Waals surface area contributed by atoms with Gasteiger partial charge >= 0.3 is 0 Å². The van der Waals surface area contributed by atoms with Gasteiger partial charge in [-0.3, -0.25) is 9.59 Å². The Labute approximate surface area is 149 Å². The van der Waals surface area contributed by atoms with E-state index in [1.807, 2.05) is 12.1 Å². The molecule has 0 saturated carbocycles. The van der Waals surface area contributed by atoms with E-state index < -0.39 is 0 Å². The van der Waals surface area contributed by atoms with E-state index in [-0.39, 0.29) is 23.8 Å². The van der Waals surface area contributed by atoms with Crippen LogP contribution < -0.4 is 16.4 Å². The second-order valence-corrected chi connectivity index (χ2v) is 7.10. The van der Waals surface area contributed by atoms with Gasteiger partial charge in [-0.1, -0.05) is 12.1 Å². The summed E-state index contributed by atoms with van der Waals surface area (Å²) in [6.07, 6.45) is 4.69. The zero-order chi connectivity index (χ0) is 17.6. The van der Waals surface area contributed by atoms with Crippen molar-refractivity contribution in [3.8, 4) is 0 Å². The van der Waals surface area contributed by atoms with Crippen LogP contribution in [0.1, 0.15) is 31.2 Å². The number of carbonyl (C=O) groups excluding carboxylic acids is 2. The van der Waals surface area contributed by atoms with Crippen molar-refractivity contribution in [1.82, 2.24) is 10.2 Å². The molecule has 6 nitrogen and oxygen atoms in total. The first-order chi connectivity index (χ1) is 12.1. The molecule has 4 N–H and O–H groups in total. The molecule has 6 heteroatoms. The van der Waals surface area contributed by atoms with Crippen molar-refractivity contribution in [2.75, 3.05) is 31.5 Å². The lowest BCUT2D eigenvalue weighted by Gasteiger charge is -2.30. The smallest absolute Gasteiger partial charge is 0.241 e. The zero-order valence-electron chi connectivity index (χ0n) is 14.7. The largest absolute Gasteiger partial charge is 0.369 e. The topological polar surface area (TPSA) is 87.5 Å². The lowest BCUT2D eigenvalue weighted by atomic mass is 9.96. The molecular formula is C19H28N4O2. The van der Waals surface area contributed by atoms with Gasteiger partial charge in [-0.05, 0) is 69.4 Å². The highest BCUT2D eigenvalue weighted by Crippen LogP contribution is 2.18. The molecule has 1 unspecified atom stereocenters. The molecule has 25 heavy (non-hydrogen) atoms. The van der Waals surface area contributed by atoms with Crippen LogP contribution in [-0.4, -0.2) is 48.9 Å². The van der Waals surface area contributed by atoms with E-state index in [1.165, 1.54) is 5.56 Å². The lowest BCUT2D eigenvalue weighted by molar-refractivity contribution is -0.123. The van der Waals surface area contributed by atoms with Gasteiger partial charge in [0.2, 0.25) is 11.8 Å². The Bertz CT molecular complexity index is 588. The number of anilines is 1. The predicted molar refractivity (Wildman–Crippen MR) is 98.2 cm³/mol. The van der Waals surface area contributed by atoms with E-state index in [0.29, 0.717) is 0 Å². The number of primary amides is 1. The fraction of sp³-hybridized carbons (Fsp3) is 0.579. The third-order valence-electron chi connectivity index (χ3n) is 5.30. The Morgan fingerprint density at radius 2 is 1.88 bits per heavy atom. The Balaban J connectivity index is 1.42. The molecule has 136 valence electrons. The molecule has 0 radical (unpaired) electrons. The van der Waals surface area contributed by atoms with E-state index in [1.54, 1.807) is 0 Å². The van der Waals surface area contributed by atoms with Crippen LogP contribution in [0.15, 0.2) is 24.3 Å². The van der Waals surface area contributed by atoms with Crippen LogP contribution in [-0.2, 0) is 16.0 Å². The molecule has 1 aromatic carbocycles. The van der Waals surface area contributed by atoms with Gasteiger partial charge in [0.15, 0.2) is 0 Å². The highest BCUT2D eigenvalue weighted by atomic mass is 16.2. The summed E-state index contributed by atoms with van der Waals surface area (Å²) in [5.74, 6) is -0.0545. The van der Waals surface area contributed by atoms with Crippen molar-refractivity contribution < 1.29 is 9.59 Å². The molecule has 2 amide bonds. The third-order valence-corrected chi connectivity index (χ3v) is 5.30. The molecule has 0 bridgehead atoms. The fourth-order valence-electron chi connectivity index (χ4n) is 3.62. The average Bonchev–Trinajstić information content (AvgIpc) is 3.16. The van der Waals surface area contributed by atoms with Gasteiger partial charge < -0.3 is 21.3 Å². The number of benzene rings is 1. The van der Waals surface area contributed by atoms with Crippen molar-refractivity contribution in [3.05, 3.63) is 29.8 Å². The van der Waals surface area contributed by atoms with Gasteiger partial charge in [0.05, 0.1) is 6.04 Å². The number of carbonyl (C=O) groups is 2. The summed E-state index contributed by atoms with van der Waals surface area (Å²) in [6, 6.07) is 8.05. The number of nitrogens with zero attached hydrogens (tertiary/aromatic N) is 1. The summed E-state index contributed by atoms with van der Waals surface area (Å²) in [5, 5.41) is 6.18. The van der Waals surface area contributed by atoms with Crippen LogP contribution in [0.25, 0.3) is 0 Å². The van der Waals surface area contributed by atoms with Crippen LogP contribution in [0, 0.1) is 5.92 Å². The number of nitrogens with two attached hydrogens (primary N) is 1. The molecule has 2 fully saturated rings. The number of rotatable bonds is 6. The molecule has 0 aliphatic carbocycles. The predicted octanol–water partition coefficient (Wildman–Crippen LogP) is 1.12. The van der Waals surface area contributed by atoms with Crippen molar-refractivity contribution in [2.45, 2.75) is 38.1 Å². The number of likely N-dealkylation sites (tertiary alicyclic amines) is 1.